The molecule has 1 unspecified atom stereocenters. The van der Waals surface area contributed by atoms with Crippen LogP contribution in [0.1, 0.15) is 25.3 Å². The molecule has 134 valence electrons. The van der Waals surface area contributed by atoms with E-state index in [4.69, 9.17) is 14.2 Å². The SMILES string of the molecule is CCOc1ncccc1CNC(=NC)NCCCOC1CCOC1. The van der Waals surface area contributed by atoms with Crippen LogP contribution in [0.25, 0.3) is 0 Å². The maximum Gasteiger partial charge on any atom is 0.218 e. The highest BCUT2D eigenvalue weighted by Crippen LogP contribution is 2.13. The summed E-state index contributed by atoms with van der Waals surface area (Å²) in [5.41, 5.74) is 1.01. The third kappa shape index (κ3) is 6.33. The van der Waals surface area contributed by atoms with Gasteiger partial charge in [-0.1, -0.05) is 6.07 Å². The van der Waals surface area contributed by atoms with Gasteiger partial charge in [0.2, 0.25) is 5.88 Å². The molecule has 0 aliphatic carbocycles. The number of guanidine groups is 1. The first-order valence-corrected chi connectivity index (χ1v) is 8.54. The van der Waals surface area contributed by atoms with Gasteiger partial charge in [0.15, 0.2) is 5.96 Å². The highest BCUT2D eigenvalue weighted by Gasteiger charge is 2.15. The lowest BCUT2D eigenvalue weighted by atomic mass is 10.2. The van der Waals surface area contributed by atoms with Crippen LogP contribution in [-0.4, -0.2) is 57.1 Å². The number of aromatic nitrogens is 1. The van der Waals surface area contributed by atoms with E-state index in [1.165, 1.54) is 0 Å². The second kappa shape index (κ2) is 10.8. The molecule has 1 aromatic heterocycles. The summed E-state index contributed by atoms with van der Waals surface area (Å²) in [4.78, 5) is 8.47. The van der Waals surface area contributed by atoms with E-state index in [9.17, 15) is 0 Å². The quantitative estimate of drug-likeness (QED) is 0.403. The predicted molar refractivity (Wildman–Crippen MR) is 93.4 cm³/mol. The van der Waals surface area contributed by atoms with E-state index in [0.29, 0.717) is 19.0 Å². The third-order valence-corrected chi connectivity index (χ3v) is 3.66. The summed E-state index contributed by atoms with van der Waals surface area (Å²) in [6, 6.07) is 3.90. The van der Waals surface area contributed by atoms with Gasteiger partial charge in [0.1, 0.15) is 0 Å². The third-order valence-electron chi connectivity index (χ3n) is 3.66. The molecule has 24 heavy (non-hydrogen) atoms. The Balaban J connectivity index is 1.65. The van der Waals surface area contributed by atoms with Crippen LogP contribution in [0.3, 0.4) is 0 Å². The van der Waals surface area contributed by atoms with Crippen molar-refractivity contribution in [1.29, 1.82) is 0 Å². The first-order chi connectivity index (χ1) is 11.8. The monoisotopic (exact) mass is 336 g/mol. The van der Waals surface area contributed by atoms with E-state index in [2.05, 4.69) is 20.6 Å². The molecule has 7 nitrogen and oxygen atoms in total. The van der Waals surface area contributed by atoms with Crippen molar-refractivity contribution in [3.8, 4) is 5.88 Å². The van der Waals surface area contributed by atoms with Crippen LogP contribution >= 0.6 is 0 Å². The van der Waals surface area contributed by atoms with Crippen molar-refractivity contribution >= 4 is 5.96 Å². The van der Waals surface area contributed by atoms with E-state index in [1.54, 1.807) is 13.2 Å². The van der Waals surface area contributed by atoms with Gasteiger partial charge in [0.05, 0.1) is 19.3 Å². The number of nitrogens with zero attached hydrogens (tertiary/aromatic N) is 2. The van der Waals surface area contributed by atoms with E-state index in [1.807, 2.05) is 19.1 Å². The largest absolute Gasteiger partial charge is 0.478 e. The lowest BCUT2D eigenvalue weighted by Crippen LogP contribution is -2.37. The molecule has 0 bridgehead atoms. The lowest BCUT2D eigenvalue weighted by molar-refractivity contribution is 0.0420. The van der Waals surface area contributed by atoms with Gasteiger partial charge in [0, 0.05) is 45.1 Å². The zero-order chi connectivity index (χ0) is 17.0. The van der Waals surface area contributed by atoms with Crippen LogP contribution in [0, 0.1) is 0 Å². The first-order valence-electron chi connectivity index (χ1n) is 8.54. The Morgan fingerprint density at radius 1 is 1.46 bits per heavy atom. The number of rotatable bonds is 9. The van der Waals surface area contributed by atoms with Gasteiger partial charge >= 0.3 is 0 Å². The van der Waals surface area contributed by atoms with Crippen molar-refractivity contribution in [2.24, 2.45) is 4.99 Å². The maximum atomic E-state index is 5.74. The molecule has 7 heteroatoms. The summed E-state index contributed by atoms with van der Waals surface area (Å²) < 4.78 is 16.6. The van der Waals surface area contributed by atoms with Gasteiger partial charge in [-0.3, -0.25) is 4.99 Å². The molecule has 2 rings (SSSR count). The molecular formula is C17H28N4O3. The average Bonchev–Trinajstić information content (AvgIpc) is 3.12. The van der Waals surface area contributed by atoms with Crippen molar-refractivity contribution in [2.75, 3.05) is 40.0 Å². The summed E-state index contributed by atoms with van der Waals surface area (Å²) in [5.74, 6) is 1.42. The molecule has 1 aliphatic rings. The van der Waals surface area contributed by atoms with Gasteiger partial charge in [-0.2, -0.15) is 0 Å². The Hall–Kier alpha value is -1.86. The number of aliphatic imine (C=N–C) groups is 1. The first kappa shape index (κ1) is 18.5. The number of hydrogen-bond acceptors (Lipinski definition) is 5. The smallest absolute Gasteiger partial charge is 0.218 e. The Labute approximate surface area is 143 Å². The van der Waals surface area contributed by atoms with Gasteiger partial charge in [0.25, 0.3) is 0 Å². The maximum absolute atomic E-state index is 5.74. The summed E-state index contributed by atoms with van der Waals surface area (Å²) >= 11 is 0. The Morgan fingerprint density at radius 3 is 3.12 bits per heavy atom. The average molecular weight is 336 g/mol. The lowest BCUT2D eigenvalue weighted by Gasteiger charge is -2.14. The van der Waals surface area contributed by atoms with Crippen LogP contribution in [0.15, 0.2) is 23.3 Å². The molecule has 0 saturated carbocycles. The van der Waals surface area contributed by atoms with Crippen molar-refractivity contribution in [3.63, 3.8) is 0 Å². The van der Waals surface area contributed by atoms with E-state index < -0.39 is 0 Å². The molecule has 2 heterocycles. The van der Waals surface area contributed by atoms with E-state index in [-0.39, 0.29) is 6.10 Å². The summed E-state index contributed by atoms with van der Waals surface area (Å²) in [6.07, 6.45) is 3.93. The zero-order valence-corrected chi connectivity index (χ0v) is 14.6. The Morgan fingerprint density at radius 2 is 2.38 bits per heavy atom. The number of hydrogen-bond donors (Lipinski definition) is 2. The number of nitrogens with one attached hydrogen (secondary N) is 2. The van der Waals surface area contributed by atoms with Crippen molar-refractivity contribution < 1.29 is 14.2 Å². The van der Waals surface area contributed by atoms with Crippen LogP contribution in [0.2, 0.25) is 0 Å². The molecule has 0 aromatic carbocycles. The molecule has 1 aromatic rings. The fraction of sp³-hybridized carbons (Fsp3) is 0.647. The zero-order valence-electron chi connectivity index (χ0n) is 14.6. The Bertz CT molecular complexity index is 504. The van der Waals surface area contributed by atoms with E-state index in [0.717, 1.165) is 50.7 Å². The Kier molecular flexibility index (Phi) is 8.34. The molecule has 1 saturated heterocycles. The van der Waals surface area contributed by atoms with Gasteiger partial charge in [-0.05, 0) is 25.8 Å². The standard InChI is InChI=1S/C17H28N4O3/c1-3-23-16-14(6-4-8-19-16)12-21-17(18-2)20-9-5-10-24-15-7-11-22-13-15/h4,6,8,15H,3,5,7,9-13H2,1-2H3,(H2,18,20,21). The molecule has 2 N–H and O–H groups in total. The molecular weight excluding hydrogens is 308 g/mol. The molecule has 0 radical (unpaired) electrons. The minimum Gasteiger partial charge on any atom is -0.478 e. The fourth-order valence-corrected chi connectivity index (χ4v) is 2.40. The highest BCUT2D eigenvalue weighted by molar-refractivity contribution is 5.79. The molecule has 1 aliphatic heterocycles. The molecule has 1 atom stereocenters. The topological polar surface area (TPSA) is 77.0 Å². The van der Waals surface area contributed by atoms with Crippen molar-refractivity contribution in [3.05, 3.63) is 23.9 Å². The second-order valence-corrected chi connectivity index (χ2v) is 5.46. The fourth-order valence-electron chi connectivity index (χ4n) is 2.40. The summed E-state index contributed by atoms with van der Waals surface area (Å²) in [7, 11) is 1.76. The van der Waals surface area contributed by atoms with Crippen LogP contribution in [0.4, 0.5) is 0 Å². The van der Waals surface area contributed by atoms with Crippen molar-refractivity contribution in [1.82, 2.24) is 15.6 Å². The van der Waals surface area contributed by atoms with Crippen LogP contribution < -0.4 is 15.4 Å². The second-order valence-electron chi connectivity index (χ2n) is 5.46. The highest BCUT2D eigenvalue weighted by atomic mass is 16.5. The predicted octanol–water partition coefficient (Wildman–Crippen LogP) is 1.34. The summed E-state index contributed by atoms with van der Waals surface area (Å²) in [5, 5.41) is 6.56. The summed E-state index contributed by atoms with van der Waals surface area (Å²) in [6.45, 7) is 6.24. The van der Waals surface area contributed by atoms with Gasteiger partial charge < -0.3 is 24.8 Å². The number of pyridine rings is 1. The van der Waals surface area contributed by atoms with Crippen LogP contribution in [0.5, 0.6) is 5.88 Å². The minimum absolute atomic E-state index is 0.269. The van der Waals surface area contributed by atoms with Gasteiger partial charge in [-0.15, -0.1) is 0 Å². The molecule has 0 amide bonds. The normalized spacial score (nSPS) is 17.8. The van der Waals surface area contributed by atoms with E-state index >= 15 is 0 Å². The van der Waals surface area contributed by atoms with Crippen LogP contribution in [-0.2, 0) is 16.0 Å². The number of ether oxygens (including phenoxy) is 3. The molecule has 0 spiro atoms. The van der Waals surface area contributed by atoms with Gasteiger partial charge in [-0.25, -0.2) is 4.98 Å². The van der Waals surface area contributed by atoms with Crippen molar-refractivity contribution in [2.45, 2.75) is 32.4 Å². The minimum atomic E-state index is 0.269. The molecule has 1 fully saturated rings.